The number of halogens is 6. The summed E-state index contributed by atoms with van der Waals surface area (Å²) in [6.07, 6.45) is -9.13. The van der Waals surface area contributed by atoms with Gasteiger partial charge in [0.15, 0.2) is 10.6 Å². The number of nitrogens with zero attached hydrogens (tertiary/aromatic N) is 1. The standard InChI is InChI=1S/C15H11F6N2O2/c1-25-13-8-10(15(19,20)21)4-7-12(13)23(24)22-11-5-2-9(3-6-11)14(16,17)18/h2-8H,1H3,(H,22,24)/q+1. The van der Waals surface area contributed by atoms with Gasteiger partial charge in [-0.05, 0) is 36.4 Å². The minimum atomic E-state index is -4.61. The Morgan fingerprint density at radius 3 is 1.88 bits per heavy atom. The van der Waals surface area contributed by atoms with Crippen molar-refractivity contribution in [3.63, 3.8) is 0 Å². The summed E-state index contributed by atoms with van der Waals surface area (Å²) >= 11 is 0. The number of nitroso groups, excluding NO2 is 1. The minimum absolute atomic E-state index is 0.0185. The van der Waals surface area contributed by atoms with Gasteiger partial charge in [0.1, 0.15) is 5.69 Å². The monoisotopic (exact) mass is 365 g/mol. The molecule has 4 nitrogen and oxygen atoms in total. The van der Waals surface area contributed by atoms with Crippen LogP contribution in [0.25, 0.3) is 0 Å². The van der Waals surface area contributed by atoms with Crippen molar-refractivity contribution < 1.29 is 35.9 Å². The van der Waals surface area contributed by atoms with Crippen LogP contribution in [0.15, 0.2) is 42.5 Å². The first-order valence-corrected chi connectivity index (χ1v) is 6.69. The third-order valence-corrected chi connectivity index (χ3v) is 3.17. The highest BCUT2D eigenvalue weighted by Gasteiger charge is 2.34. The summed E-state index contributed by atoms with van der Waals surface area (Å²) in [7, 11) is 1.09. The molecule has 134 valence electrons. The molecule has 0 aromatic heterocycles. The van der Waals surface area contributed by atoms with Gasteiger partial charge in [-0.3, -0.25) is 0 Å². The van der Waals surface area contributed by atoms with Crippen LogP contribution in [0.4, 0.5) is 37.7 Å². The lowest BCUT2D eigenvalue weighted by molar-refractivity contribution is -0.428. The van der Waals surface area contributed by atoms with Crippen LogP contribution in [-0.2, 0) is 12.4 Å². The SMILES string of the molecule is COc1cc(C(F)(F)F)ccc1[N+](=O)Nc1ccc(C(F)(F)F)cc1. The molecule has 1 N–H and O–H groups in total. The summed E-state index contributed by atoms with van der Waals surface area (Å²) in [5.74, 6) is -0.343. The number of anilines is 1. The maximum atomic E-state index is 12.7. The molecule has 0 aliphatic heterocycles. The number of ether oxygens (including phenoxy) is 1. The van der Waals surface area contributed by atoms with Crippen LogP contribution in [-0.4, -0.2) is 12.0 Å². The fraction of sp³-hybridized carbons (Fsp3) is 0.200. The fourth-order valence-corrected chi connectivity index (χ4v) is 1.93. The summed E-state index contributed by atoms with van der Waals surface area (Å²) < 4.78 is 80.2. The van der Waals surface area contributed by atoms with Crippen LogP contribution in [0.3, 0.4) is 0 Å². The first kappa shape index (κ1) is 18.6. The van der Waals surface area contributed by atoms with Gasteiger partial charge < -0.3 is 4.74 Å². The molecule has 0 saturated carbocycles. The van der Waals surface area contributed by atoms with E-state index in [1.54, 1.807) is 0 Å². The number of methoxy groups -OCH3 is 1. The Labute approximate surface area is 137 Å². The normalized spacial score (nSPS) is 12.0. The molecule has 0 amide bonds. The highest BCUT2D eigenvalue weighted by atomic mass is 19.4. The first-order valence-electron chi connectivity index (χ1n) is 6.69. The maximum absolute atomic E-state index is 12.7. The Morgan fingerprint density at radius 2 is 1.40 bits per heavy atom. The van der Waals surface area contributed by atoms with Crippen molar-refractivity contribution in [1.82, 2.24) is 0 Å². The van der Waals surface area contributed by atoms with Gasteiger partial charge in [-0.2, -0.15) is 26.3 Å². The summed E-state index contributed by atoms with van der Waals surface area (Å²) in [4.78, 5) is 12.2. The zero-order valence-corrected chi connectivity index (χ0v) is 12.6. The Kier molecular flexibility index (Phi) is 4.91. The molecule has 25 heavy (non-hydrogen) atoms. The van der Waals surface area contributed by atoms with Crippen LogP contribution in [0.2, 0.25) is 0 Å². The Morgan fingerprint density at radius 1 is 0.880 bits per heavy atom. The molecule has 0 heterocycles. The number of hydrogen-bond donors (Lipinski definition) is 1. The molecule has 0 aliphatic carbocycles. The number of nitrogens with one attached hydrogen (secondary N) is 1. The van der Waals surface area contributed by atoms with Gasteiger partial charge >= 0.3 is 18.0 Å². The van der Waals surface area contributed by atoms with Gasteiger partial charge in [-0.1, -0.05) is 0 Å². The van der Waals surface area contributed by atoms with Crippen molar-refractivity contribution in [1.29, 1.82) is 0 Å². The lowest BCUT2D eigenvalue weighted by atomic mass is 10.2. The Hall–Kier alpha value is -2.78. The van der Waals surface area contributed by atoms with Gasteiger partial charge in [0.2, 0.25) is 0 Å². The van der Waals surface area contributed by atoms with Crippen molar-refractivity contribution in [2.45, 2.75) is 12.4 Å². The van der Waals surface area contributed by atoms with Crippen molar-refractivity contribution in [3.05, 3.63) is 58.5 Å². The molecule has 2 rings (SSSR count). The zero-order chi connectivity index (χ0) is 18.8. The molecule has 10 heteroatoms. The molecule has 0 bridgehead atoms. The van der Waals surface area contributed by atoms with Gasteiger partial charge in [0, 0.05) is 6.07 Å². The molecule has 0 atom stereocenters. The zero-order valence-electron chi connectivity index (χ0n) is 12.6. The van der Waals surface area contributed by atoms with E-state index in [0.717, 1.165) is 37.4 Å². The van der Waals surface area contributed by atoms with Gasteiger partial charge in [0.05, 0.1) is 23.1 Å². The second-order valence-corrected chi connectivity index (χ2v) is 4.87. The van der Waals surface area contributed by atoms with Crippen molar-refractivity contribution in [3.8, 4) is 5.75 Å². The van der Waals surface area contributed by atoms with Gasteiger partial charge in [0.25, 0.3) is 0 Å². The largest absolute Gasteiger partial charge is 0.490 e. The molecular formula is C15H11F6N2O2+. The lowest BCUT2D eigenvalue weighted by Crippen LogP contribution is -2.13. The molecule has 0 aliphatic rings. The summed E-state index contributed by atoms with van der Waals surface area (Å²) in [5, 5.41) is 0. The van der Waals surface area contributed by atoms with E-state index in [2.05, 4.69) is 5.43 Å². The molecule has 0 unspecified atom stereocenters. The predicted octanol–water partition coefficient (Wildman–Crippen LogP) is 5.17. The van der Waals surface area contributed by atoms with E-state index in [-0.39, 0.29) is 22.0 Å². The molecule has 0 fully saturated rings. The highest BCUT2D eigenvalue weighted by Crippen LogP contribution is 2.36. The third kappa shape index (κ3) is 4.40. The number of hydrogen-bond acceptors (Lipinski definition) is 2. The number of benzene rings is 2. The Bertz CT molecular complexity index is 769. The van der Waals surface area contributed by atoms with E-state index in [1.165, 1.54) is 0 Å². The van der Waals surface area contributed by atoms with Crippen LogP contribution >= 0.6 is 0 Å². The van der Waals surface area contributed by atoms with E-state index < -0.39 is 23.5 Å². The van der Waals surface area contributed by atoms with Gasteiger partial charge in [-0.25, -0.2) is 0 Å². The van der Waals surface area contributed by atoms with E-state index in [9.17, 15) is 31.2 Å². The predicted molar refractivity (Wildman–Crippen MR) is 76.4 cm³/mol. The molecule has 2 aromatic carbocycles. The van der Waals surface area contributed by atoms with Crippen molar-refractivity contribution in [2.24, 2.45) is 0 Å². The average Bonchev–Trinajstić information content (AvgIpc) is 2.53. The summed E-state index contributed by atoms with van der Waals surface area (Å²) in [6, 6.07) is 5.80. The second-order valence-electron chi connectivity index (χ2n) is 4.87. The smallest absolute Gasteiger partial charge is 0.416 e. The number of hydrazine groups is 1. The molecule has 0 saturated heterocycles. The number of rotatable bonds is 4. The highest BCUT2D eigenvalue weighted by molar-refractivity contribution is 5.50. The van der Waals surface area contributed by atoms with Crippen molar-refractivity contribution in [2.75, 3.05) is 12.5 Å². The fourth-order valence-electron chi connectivity index (χ4n) is 1.93. The van der Waals surface area contributed by atoms with Crippen LogP contribution in [0.5, 0.6) is 5.75 Å². The molecule has 2 aromatic rings. The van der Waals surface area contributed by atoms with Crippen LogP contribution in [0.1, 0.15) is 11.1 Å². The average molecular weight is 365 g/mol. The summed E-state index contributed by atoms with van der Waals surface area (Å²) in [5.41, 5.74) is 0.0652. The second kappa shape index (κ2) is 6.61. The molecular weight excluding hydrogens is 354 g/mol. The van der Waals surface area contributed by atoms with Gasteiger partial charge in [-0.15, -0.1) is 5.43 Å². The summed E-state index contributed by atoms with van der Waals surface area (Å²) in [6.45, 7) is 0. The lowest BCUT2D eigenvalue weighted by Gasteiger charge is -2.09. The van der Waals surface area contributed by atoms with E-state index >= 15 is 0 Å². The van der Waals surface area contributed by atoms with Crippen molar-refractivity contribution >= 4 is 11.4 Å². The van der Waals surface area contributed by atoms with E-state index in [1.807, 2.05) is 0 Å². The van der Waals surface area contributed by atoms with E-state index in [4.69, 9.17) is 4.74 Å². The topological polar surface area (TPSA) is 41.3 Å². The quantitative estimate of drug-likeness (QED) is 0.462. The van der Waals surface area contributed by atoms with Crippen LogP contribution in [0, 0.1) is 4.91 Å². The first-order chi connectivity index (χ1) is 11.5. The molecule has 0 spiro atoms. The van der Waals surface area contributed by atoms with E-state index in [0.29, 0.717) is 12.1 Å². The third-order valence-electron chi connectivity index (χ3n) is 3.17. The van der Waals surface area contributed by atoms with Crippen LogP contribution < -0.4 is 10.2 Å². The number of alkyl halides is 6. The minimum Gasteiger partial charge on any atom is -0.490 e. The Balaban J connectivity index is 2.23. The molecule has 0 radical (unpaired) electrons. The maximum Gasteiger partial charge on any atom is 0.416 e.